The van der Waals surface area contributed by atoms with E-state index >= 15 is 0 Å². The van der Waals surface area contributed by atoms with Gasteiger partial charge in [0.2, 0.25) is 15.9 Å². The summed E-state index contributed by atoms with van der Waals surface area (Å²) in [6, 6.07) is 5.63. The first-order valence-electron chi connectivity index (χ1n) is 9.61. The second kappa shape index (κ2) is 6.94. The predicted molar refractivity (Wildman–Crippen MR) is 99.1 cm³/mol. The van der Waals surface area contributed by atoms with Crippen molar-refractivity contribution in [3.8, 4) is 0 Å². The maximum Gasteiger partial charge on any atom is 0.243 e. The van der Waals surface area contributed by atoms with Gasteiger partial charge in [-0.1, -0.05) is 6.07 Å². The minimum absolute atomic E-state index is 0.0771. The molecule has 4 rings (SSSR count). The molecule has 2 heterocycles. The van der Waals surface area contributed by atoms with Crippen molar-refractivity contribution in [2.45, 2.75) is 49.5 Å². The molecule has 1 aliphatic carbocycles. The lowest BCUT2D eigenvalue weighted by molar-refractivity contribution is -0.135. The van der Waals surface area contributed by atoms with Crippen LogP contribution in [0.15, 0.2) is 23.1 Å². The second-order valence-corrected chi connectivity index (χ2v) is 9.73. The largest absolute Gasteiger partial charge is 0.341 e. The van der Waals surface area contributed by atoms with Crippen molar-refractivity contribution in [3.05, 3.63) is 29.3 Å². The summed E-state index contributed by atoms with van der Waals surface area (Å²) in [4.78, 5) is 14.8. The highest BCUT2D eigenvalue weighted by Crippen LogP contribution is 2.29. The Hall–Kier alpha value is -1.44. The zero-order chi connectivity index (χ0) is 18.3. The molecule has 3 aliphatic rings. The number of amides is 1. The summed E-state index contributed by atoms with van der Waals surface area (Å²) in [6.45, 7) is 2.19. The SMILES string of the molecule is N[C@@H]1CCN(C(=O)C2CCN(S(=O)(=O)c3ccc4c(c3)CCC4)CC2)C1. The number of carbonyl (C=O) groups excluding carboxylic acids is 1. The molecule has 2 N–H and O–H groups in total. The van der Waals surface area contributed by atoms with Gasteiger partial charge in [-0.25, -0.2) is 8.42 Å². The average molecular weight is 378 g/mol. The van der Waals surface area contributed by atoms with E-state index < -0.39 is 10.0 Å². The highest BCUT2D eigenvalue weighted by molar-refractivity contribution is 7.89. The Morgan fingerprint density at radius 3 is 2.46 bits per heavy atom. The minimum atomic E-state index is -3.47. The molecule has 0 bridgehead atoms. The fraction of sp³-hybridized carbons (Fsp3) is 0.632. The van der Waals surface area contributed by atoms with Gasteiger partial charge in [-0.3, -0.25) is 4.79 Å². The molecule has 1 atom stereocenters. The summed E-state index contributed by atoms with van der Waals surface area (Å²) < 4.78 is 27.5. The Bertz CT molecular complexity index is 800. The number of sulfonamides is 1. The van der Waals surface area contributed by atoms with E-state index in [1.807, 2.05) is 17.0 Å². The first-order chi connectivity index (χ1) is 12.4. The van der Waals surface area contributed by atoms with Crippen molar-refractivity contribution < 1.29 is 13.2 Å². The number of hydrogen-bond donors (Lipinski definition) is 1. The molecule has 6 nitrogen and oxygen atoms in total. The number of carbonyl (C=O) groups is 1. The normalized spacial score (nSPS) is 24.8. The molecule has 0 aromatic heterocycles. The summed E-state index contributed by atoms with van der Waals surface area (Å²) in [7, 11) is -3.47. The van der Waals surface area contributed by atoms with Crippen molar-refractivity contribution >= 4 is 15.9 Å². The number of piperidine rings is 1. The van der Waals surface area contributed by atoms with Crippen LogP contribution < -0.4 is 5.73 Å². The third kappa shape index (κ3) is 3.28. The first-order valence-corrected chi connectivity index (χ1v) is 11.1. The van der Waals surface area contributed by atoms with E-state index in [0.29, 0.717) is 37.4 Å². The Labute approximate surface area is 155 Å². The molecule has 142 valence electrons. The third-order valence-corrected chi connectivity index (χ3v) is 7.94. The van der Waals surface area contributed by atoms with Crippen LogP contribution in [0.2, 0.25) is 0 Å². The molecule has 0 spiro atoms. The summed E-state index contributed by atoms with van der Waals surface area (Å²) in [6.07, 6.45) is 5.16. The van der Waals surface area contributed by atoms with Gasteiger partial charge in [-0.15, -0.1) is 0 Å². The molecule has 1 aromatic carbocycles. The number of likely N-dealkylation sites (tertiary alicyclic amines) is 1. The number of rotatable bonds is 3. The summed E-state index contributed by atoms with van der Waals surface area (Å²) in [5, 5.41) is 0. The van der Waals surface area contributed by atoms with Crippen molar-refractivity contribution in [3.63, 3.8) is 0 Å². The second-order valence-electron chi connectivity index (χ2n) is 7.80. The van der Waals surface area contributed by atoms with Gasteiger partial charge in [0.05, 0.1) is 4.90 Å². The van der Waals surface area contributed by atoms with Gasteiger partial charge in [0.15, 0.2) is 0 Å². The molecular formula is C19H27N3O3S. The maximum atomic E-state index is 13.0. The molecular weight excluding hydrogens is 350 g/mol. The van der Waals surface area contributed by atoms with Gasteiger partial charge in [0.25, 0.3) is 0 Å². The lowest BCUT2D eigenvalue weighted by Gasteiger charge is -2.32. The van der Waals surface area contributed by atoms with Crippen molar-refractivity contribution in [1.29, 1.82) is 0 Å². The predicted octanol–water partition coefficient (Wildman–Crippen LogP) is 1.14. The Morgan fingerprint density at radius 1 is 1.04 bits per heavy atom. The van der Waals surface area contributed by atoms with Crippen LogP contribution in [0.4, 0.5) is 0 Å². The maximum absolute atomic E-state index is 13.0. The number of aryl methyl sites for hydroxylation is 2. The molecule has 1 aromatic rings. The smallest absolute Gasteiger partial charge is 0.243 e. The Kier molecular flexibility index (Phi) is 4.79. The number of fused-ring (bicyclic) bond motifs is 1. The van der Waals surface area contributed by atoms with Crippen LogP contribution in [0.3, 0.4) is 0 Å². The van der Waals surface area contributed by atoms with Gasteiger partial charge in [-0.2, -0.15) is 4.31 Å². The van der Waals surface area contributed by atoms with Crippen molar-refractivity contribution in [1.82, 2.24) is 9.21 Å². The van der Waals surface area contributed by atoms with Crippen molar-refractivity contribution in [2.75, 3.05) is 26.2 Å². The summed E-state index contributed by atoms with van der Waals surface area (Å²) in [5.41, 5.74) is 8.34. The molecule has 26 heavy (non-hydrogen) atoms. The lowest BCUT2D eigenvalue weighted by Crippen LogP contribution is -2.44. The van der Waals surface area contributed by atoms with E-state index in [9.17, 15) is 13.2 Å². The Morgan fingerprint density at radius 2 is 1.77 bits per heavy atom. The Balaban J connectivity index is 1.41. The van der Waals surface area contributed by atoms with Crippen LogP contribution in [0.1, 0.15) is 36.8 Å². The molecule has 7 heteroatoms. The van der Waals surface area contributed by atoms with Gasteiger partial charge in [-0.05, 0) is 61.8 Å². The van der Waals surface area contributed by atoms with E-state index in [2.05, 4.69) is 0 Å². The van der Waals surface area contributed by atoms with Crippen LogP contribution in [0.5, 0.6) is 0 Å². The number of nitrogens with two attached hydrogens (primary N) is 1. The van der Waals surface area contributed by atoms with Gasteiger partial charge in [0.1, 0.15) is 0 Å². The highest BCUT2D eigenvalue weighted by Gasteiger charge is 2.35. The molecule has 1 amide bonds. The first kappa shape index (κ1) is 17.9. The van der Waals surface area contributed by atoms with Crippen LogP contribution in [0, 0.1) is 5.92 Å². The molecule has 0 unspecified atom stereocenters. The van der Waals surface area contributed by atoms with Gasteiger partial charge >= 0.3 is 0 Å². The molecule has 0 saturated carbocycles. The zero-order valence-electron chi connectivity index (χ0n) is 15.1. The molecule has 0 radical (unpaired) electrons. The standard InChI is InChI=1S/C19H27N3O3S/c20-17-8-9-21(13-17)19(23)15-6-10-22(11-7-15)26(24,25)18-5-4-14-2-1-3-16(14)12-18/h4-5,12,15,17H,1-3,6-11,13,20H2/t17-/m1/s1. The summed E-state index contributed by atoms with van der Waals surface area (Å²) in [5.74, 6) is 0.0688. The molecule has 2 fully saturated rings. The third-order valence-electron chi connectivity index (χ3n) is 6.05. The number of benzene rings is 1. The fourth-order valence-corrected chi connectivity index (χ4v) is 5.97. The number of nitrogens with zero attached hydrogens (tertiary/aromatic N) is 2. The highest BCUT2D eigenvalue weighted by atomic mass is 32.2. The van der Waals surface area contributed by atoms with Crippen LogP contribution in [-0.4, -0.2) is 55.8 Å². The van der Waals surface area contributed by atoms with E-state index in [0.717, 1.165) is 32.2 Å². The van der Waals surface area contributed by atoms with Gasteiger partial charge < -0.3 is 10.6 Å². The monoisotopic (exact) mass is 377 g/mol. The lowest BCUT2D eigenvalue weighted by atomic mass is 9.97. The quantitative estimate of drug-likeness (QED) is 0.856. The molecule has 2 saturated heterocycles. The average Bonchev–Trinajstić information content (AvgIpc) is 3.29. The van der Waals surface area contributed by atoms with Crippen molar-refractivity contribution in [2.24, 2.45) is 11.7 Å². The van der Waals surface area contributed by atoms with Gasteiger partial charge in [0, 0.05) is 38.1 Å². The summed E-state index contributed by atoms with van der Waals surface area (Å²) >= 11 is 0. The van der Waals surface area contributed by atoms with E-state index in [4.69, 9.17) is 5.73 Å². The van der Waals surface area contributed by atoms with E-state index in [-0.39, 0.29) is 17.9 Å². The topological polar surface area (TPSA) is 83.7 Å². The van der Waals surface area contributed by atoms with E-state index in [1.54, 1.807) is 10.4 Å². The molecule has 2 aliphatic heterocycles. The minimum Gasteiger partial charge on any atom is -0.341 e. The van der Waals surface area contributed by atoms with Crippen LogP contribution in [-0.2, 0) is 27.7 Å². The van der Waals surface area contributed by atoms with E-state index in [1.165, 1.54) is 11.1 Å². The number of hydrogen-bond acceptors (Lipinski definition) is 4. The fourth-order valence-electron chi connectivity index (χ4n) is 4.45. The van der Waals surface area contributed by atoms with Crippen LogP contribution in [0.25, 0.3) is 0 Å². The zero-order valence-corrected chi connectivity index (χ0v) is 15.9. The van der Waals surface area contributed by atoms with Crippen LogP contribution >= 0.6 is 0 Å².